The molecule has 2 N–H and O–H groups in total. The fourth-order valence-corrected chi connectivity index (χ4v) is 4.76. The summed E-state index contributed by atoms with van der Waals surface area (Å²) in [5, 5.41) is 6.67. The molecule has 3 aromatic heterocycles. The number of anilines is 1. The number of aryl methyl sites for hydroxylation is 1. The molecule has 0 saturated heterocycles. The summed E-state index contributed by atoms with van der Waals surface area (Å²) >= 11 is 6.34. The third-order valence-corrected chi connectivity index (χ3v) is 6.87. The lowest BCUT2D eigenvalue weighted by molar-refractivity contribution is -0.118. The molecular weight excluding hydrogens is 512 g/mol. The van der Waals surface area contributed by atoms with Crippen molar-refractivity contribution in [1.82, 2.24) is 19.9 Å². The summed E-state index contributed by atoms with van der Waals surface area (Å²) in [6.07, 6.45) is 4.80. The minimum atomic E-state index is -0.579. The maximum absolute atomic E-state index is 14.5. The highest BCUT2D eigenvalue weighted by Crippen LogP contribution is 2.32. The average Bonchev–Trinajstić information content (AvgIpc) is 2.85. The number of amides is 1. The van der Waals surface area contributed by atoms with Crippen LogP contribution >= 0.6 is 24.0 Å². The highest BCUT2D eigenvalue weighted by Gasteiger charge is 2.24. The molecule has 0 spiro atoms. The second kappa shape index (κ2) is 11.0. The number of ether oxygens (including phenoxy) is 2. The Balaban J connectivity index is 0.00000304. The van der Waals surface area contributed by atoms with Crippen molar-refractivity contribution in [3.05, 3.63) is 51.3 Å². The zero-order valence-corrected chi connectivity index (χ0v) is 21.1. The molecule has 36 heavy (non-hydrogen) atoms. The van der Waals surface area contributed by atoms with Crippen molar-refractivity contribution >= 4 is 46.8 Å². The van der Waals surface area contributed by atoms with Crippen LogP contribution in [0.25, 0.3) is 11.0 Å². The van der Waals surface area contributed by atoms with Crippen LogP contribution < -0.4 is 25.7 Å². The molecule has 3 aromatic rings. The Kier molecular flexibility index (Phi) is 7.97. The molecule has 12 heteroatoms. The zero-order valence-electron chi connectivity index (χ0n) is 19.6. The summed E-state index contributed by atoms with van der Waals surface area (Å²) in [6, 6.07) is 4.94. The van der Waals surface area contributed by atoms with Gasteiger partial charge in [0.1, 0.15) is 5.52 Å². The van der Waals surface area contributed by atoms with Crippen molar-refractivity contribution in [2.75, 3.05) is 18.5 Å². The second-order valence-corrected chi connectivity index (χ2v) is 9.32. The second-order valence-electron chi connectivity index (χ2n) is 8.91. The van der Waals surface area contributed by atoms with Crippen LogP contribution in [0.2, 0.25) is 5.02 Å². The topological polar surface area (TPSA) is 107 Å². The Morgan fingerprint density at radius 3 is 2.83 bits per heavy atom. The summed E-state index contributed by atoms with van der Waals surface area (Å²) < 4.78 is 27.1. The van der Waals surface area contributed by atoms with E-state index in [0.717, 1.165) is 31.9 Å². The average molecular weight is 538 g/mol. The first-order valence-corrected chi connectivity index (χ1v) is 11.9. The van der Waals surface area contributed by atoms with Crippen molar-refractivity contribution in [2.24, 2.45) is 13.0 Å². The Hall–Kier alpha value is -2.95. The number of nitrogens with one attached hydrogen (secondary N) is 2. The predicted molar refractivity (Wildman–Crippen MR) is 136 cm³/mol. The molecule has 5 rings (SSSR count). The largest absolute Gasteiger partial charge is 0.488 e. The quantitative estimate of drug-likeness (QED) is 0.494. The van der Waals surface area contributed by atoms with Crippen molar-refractivity contribution < 1.29 is 18.7 Å². The number of halogens is 3. The summed E-state index contributed by atoms with van der Waals surface area (Å²) in [6.45, 7) is 0.789. The summed E-state index contributed by atoms with van der Waals surface area (Å²) in [4.78, 5) is 32.1. The Labute approximate surface area is 217 Å². The molecule has 1 amide bonds. The third-order valence-electron chi connectivity index (χ3n) is 6.54. The molecule has 4 heterocycles. The van der Waals surface area contributed by atoms with Crippen LogP contribution in [0, 0.1) is 11.7 Å². The van der Waals surface area contributed by atoms with Gasteiger partial charge in [-0.3, -0.25) is 14.6 Å². The van der Waals surface area contributed by atoms with Gasteiger partial charge in [-0.05, 0) is 37.7 Å². The van der Waals surface area contributed by atoms with Gasteiger partial charge in [-0.25, -0.2) is 9.37 Å². The predicted octanol–water partition coefficient (Wildman–Crippen LogP) is 3.60. The van der Waals surface area contributed by atoms with E-state index in [1.165, 1.54) is 10.6 Å². The van der Waals surface area contributed by atoms with Crippen molar-refractivity contribution in [3.63, 3.8) is 0 Å². The number of hydrogen-bond acceptors (Lipinski definition) is 7. The molecular formula is C24H26Cl2FN5O4. The number of carbonyl (C=O) groups excluding carboxylic acids is 1. The maximum atomic E-state index is 14.5. The van der Waals surface area contributed by atoms with Crippen LogP contribution in [0.5, 0.6) is 11.5 Å². The van der Waals surface area contributed by atoms with E-state index in [-0.39, 0.29) is 48.2 Å². The molecule has 192 valence electrons. The molecule has 0 unspecified atom stereocenters. The first-order valence-electron chi connectivity index (χ1n) is 11.5. The van der Waals surface area contributed by atoms with Gasteiger partial charge in [-0.2, -0.15) is 0 Å². The maximum Gasteiger partial charge on any atom is 0.263 e. The molecule has 1 aliphatic heterocycles. The van der Waals surface area contributed by atoms with Gasteiger partial charge in [0.25, 0.3) is 11.5 Å². The lowest BCUT2D eigenvalue weighted by Gasteiger charge is -2.29. The number of fused-ring (bicyclic) bond motifs is 2. The third kappa shape index (κ3) is 5.40. The molecule has 1 aliphatic carbocycles. The molecule has 1 saturated carbocycles. The number of carbonyl (C=O) groups is 1. The van der Waals surface area contributed by atoms with E-state index in [4.69, 9.17) is 21.1 Å². The van der Waals surface area contributed by atoms with E-state index in [2.05, 4.69) is 20.6 Å². The number of nitrogens with zero attached hydrogens (tertiary/aromatic N) is 3. The van der Waals surface area contributed by atoms with Crippen molar-refractivity contribution in [1.29, 1.82) is 0 Å². The minimum absolute atomic E-state index is 0. The van der Waals surface area contributed by atoms with E-state index in [1.54, 1.807) is 19.2 Å². The van der Waals surface area contributed by atoms with Gasteiger partial charge in [0, 0.05) is 31.8 Å². The van der Waals surface area contributed by atoms with Crippen molar-refractivity contribution in [2.45, 2.75) is 38.3 Å². The molecule has 0 radical (unpaired) electrons. The zero-order chi connectivity index (χ0) is 24.5. The van der Waals surface area contributed by atoms with Gasteiger partial charge in [-0.15, -0.1) is 12.4 Å². The summed E-state index contributed by atoms with van der Waals surface area (Å²) in [5.41, 5.74) is 1.28. The van der Waals surface area contributed by atoms with Gasteiger partial charge in [0.05, 0.1) is 29.0 Å². The molecule has 0 atom stereocenters. The molecule has 0 bridgehead atoms. The first kappa shape index (κ1) is 26.1. The van der Waals surface area contributed by atoms with Gasteiger partial charge in [0.15, 0.2) is 29.7 Å². The van der Waals surface area contributed by atoms with Gasteiger partial charge in [-0.1, -0.05) is 11.6 Å². The van der Waals surface area contributed by atoms with Gasteiger partial charge < -0.3 is 24.7 Å². The van der Waals surface area contributed by atoms with E-state index < -0.39 is 5.82 Å². The van der Waals surface area contributed by atoms with Crippen LogP contribution in [0.1, 0.15) is 31.4 Å². The lowest BCUT2D eigenvalue weighted by atomic mass is 9.86. The number of hydrogen-bond donors (Lipinski definition) is 2. The molecule has 9 nitrogen and oxygen atoms in total. The Morgan fingerprint density at radius 1 is 1.28 bits per heavy atom. The first-order chi connectivity index (χ1) is 16.9. The smallest absolute Gasteiger partial charge is 0.263 e. The molecule has 2 aliphatic rings. The highest BCUT2D eigenvalue weighted by molar-refractivity contribution is 6.31. The van der Waals surface area contributed by atoms with Crippen molar-refractivity contribution in [3.8, 4) is 11.5 Å². The SMILES string of the molecule is Cl.Cn1c(=O)ccc2ncc(F)c(OCC3CCC(NCc4nc5c(cc4Cl)OCC(=O)N5)CC3)c21. The van der Waals surface area contributed by atoms with Crippen LogP contribution in [-0.2, 0) is 18.4 Å². The van der Waals surface area contributed by atoms with Crippen LogP contribution in [0.4, 0.5) is 10.2 Å². The van der Waals surface area contributed by atoms with Crippen LogP contribution in [0.3, 0.4) is 0 Å². The van der Waals surface area contributed by atoms with Gasteiger partial charge in [0.2, 0.25) is 0 Å². The molecule has 1 fully saturated rings. The standard InChI is InChI=1S/C24H25ClFN5O4.ClH/c1-31-21(33)7-6-17-22(31)23(16(26)9-28-17)35-11-13-2-4-14(5-3-13)27-10-18-15(25)8-19-24(29-18)30-20(32)12-34-19;/h6-9,13-14,27H,2-5,10-12H2,1H3,(H,29,30,32);1H. The van der Waals surface area contributed by atoms with E-state index in [0.29, 0.717) is 46.5 Å². The monoisotopic (exact) mass is 537 g/mol. The van der Waals surface area contributed by atoms with Gasteiger partial charge >= 0.3 is 0 Å². The highest BCUT2D eigenvalue weighted by atomic mass is 35.5. The number of aromatic nitrogens is 3. The lowest BCUT2D eigenvalue weighted by Crippen LogP contribution is -2.34. The van der Waals surface area contributed by atoms with E-state index in [1.807, 2.05) is 0 Å². The summed E-state index contributed by atoms with van der Waals surface area (Å²) in [7, 11) is 1.58. The van der Waals surface area contributed by atoms with Crippen LogP contribution in [0.15, 0.2) is 29.2 Å². The normalized spacial score (nSPS) is 19.1. The number of pyridine rings is 3. The number of rotatable bonds is 6. The van der Waals surface area contributed by atoms with E-state index in [9.17, 15) is 14.0 Å². The van der Waals surface area contributed by atoms with E-state index >= 15 is 0 Å². The molecule has 0 aromatic carbocycles. The minimum Gasteiger partial charge on any atom is -0.488 e. The summed E-state index contributed by atoms with van der Waals surface area (Å²) in [5.74, 6) is 0.376. The Morgan fingerprint density at radius 2 is 2.06 bits per heavy atom. The fourth-order valence-electron chi connectivity index (χ4n) is 4.55. The van der Waals surface area contributed by atoms with Crippen LogP contribution in [-0.4, -0.2) is 39.7 Å². The fraction of sp³-hybridized carbons (Fsp3) is 0.417. The Bertz CT molecular complexity index is 1340.